The number of benzene rings is 1. The summed E-state index contributed by atoms with van der Waals surface area (Å²) in [5.41, 5.74) is 2.13. The van der Waals surface area contributed by atoms with Crippen molar-refractivity contribution in [3.05, 3.63) is 51.7 Å². The lowest BCUT2D eigenvalue weighted by molar-refractivity contribution is 0.626. The summed E-state index contributed by atoms with van der Waals surface area (Å²) in [5, 5.41) is 9.82. The van der Waals surface area contributed by atoms with Gasteiger partial charge in [-0.2, -0.15) is 0 Å². The van der Waals surface area contributed by atoms with E-state index in [0.717, 1.165) is 43.0 Å². The molecule has 0 fully saturated rings. The standard InChI is InChI=1S/C17H23FN4S.HI/c1-13-12-23-16(22-13)5-3-4-10-20-17(19-2)21-11-14-6-8-15(18)9-7-14;/h6-9,12H,3-5,10-11H2,1-2H3,(H2,19,20,21);1H. The molecule has 132 valence electrons. The molecule has 1 heterocycles. The van der Waals surface area contributed by atoms with Crippen LogP contribution in [0, 0.1) is 12.7 Å². The molecule has 0 aliphatic carbocycles. The highest BCUT2D eigenvalue weighted by atomic mass is 127. The van der Waals surface area contributed by atoms with E-state index in [9.17, 15) is 4.39 Å². The molecule has 2 rings (SSSR count). The van der Waals surface area contributed by atoms with Gasteiger partial charge in [-0.25, -0.2) is 9.37 Å². The highest BCUT2D eigenvalue weighted by Crippen LogP contribution is 2.11. The van der Waals surface area contributed by atoms with E-state index in [-0.39, 0.29) is 29.8 Å². The number of nitrogens with zero attached hydrogens (tertiary/aromatic N) is 2. The van der Waals surface area contributed by atoms with Crippen molar-refractivity contribution in [2.45, 2.75) is 32.7 Å². The Bertz CT molecular complexity index is 628. The van der Waals surface area contributed by atoms with Crippen LogP contribution in [0.25, 0.3) is 0 Å². The van der Waals surface area contributed by atoms with E-state index in [4.69, 9.17) is 0 Å². The largest absolute Gasteiger partial charge is 0.356 e. The van der Waals surface area contributed by atoms with E-state index in [1.165, 1.54) is 17.1 Å². The van der Waals surface area contributed by atoms with Crippen LogP contribution in [0.3, 0.4) is 0 Å². The van der Waals surface area contributed by atoms with Gasteiger partial charge in [-0.05, 0) is 43.9 Å². The van der Waals surface area contributed by atoms with Crippen molar-refractivity contribution in [3.8, 4) is 0 Å². The van der Waals surface area contributed by atoms with Crippen molar-refractivity contribution in [2.24, 2.45) is 4.99 Å². The summed E-state index contributed by atoms with van der Waals surface area (Å²) in [7, 11) is 1.75. The van der Waals surface area contributed by atoms with Crippen LogP contribution in [0.5, 0.6) is 0 Å². The molecule has 0 spiro atoms. The van der Waals surface area contributed by atoms with E-state index < -0.39 is 0 Å². The van der Waals surface area contributed by atoms with Crippen molar-refractivity contribution >= 4 is 41.3 Å². The van der Waals surface area contributed by atoms with Crippen LogP contribution < -0.4 is 10.6 Å². The van der Waals surface area contributed by atoms with Crippen molar-refractivity contribution in [1.29, 1.82) is 0 Å². The second-order valence-electron chi connectivity index (χ2n) is 5.32. The Labute approximate surface area is 164 Å². The molecule has 2 N–H and O–H groups in total. The van der Waals surface area contributed by atoms with Gasteiger partial charge in [0, 0.05) is 31.2 Å². The molecule has 4 nitrogen and oxygen atoms in total. The van der Waals surface area contributed by atoms with Gasteiger partial charge in [0.25, 0.3) is 0 Å². The predicted octanol–water partition coefficient (Wildman–Crippen LogP) is 3.90. The molecule has 1 aromatic heterocycles. The van der Waals surface area contributed by atoms with Crippen molar-refractivity contribution in [2.75, 3.05) is 13.6 Å². The number of thiazole rings is 1. The fourth-order valence-electron chi connectivity index (χ4n) is 2.13. The first kappa shape index (κ1) is 20.8. The molecule has 24 heavy (non-hydrogen) atoms. The number of unbranched alkanes of at least 4 members (excludes halogenated alkanes) is 1. The van der Waals surface area contributed by atoms with Gasteiger partial charge in [0.1, 0.15) is 5.82 Å². The molecule has 0 aliphatic heterocycles. The fourth-order valence-corrected chi connectivity index (χ4v) is 2.95. The summed E-state index contributed by atoms with van der Waals surface area (Å²) >= 11 is 1.73. The van der Waals surface area contributed by atoms with Crippen LogP contribution in [-0.4, -0.2) is 24.5 Å². The molecule has 0 bridgehead atoms. The maximum absolute atomic E-state index is 12.9. The quantitative estimate of drug-likeness (QED) is 0.284. The Morgan fingerprint density at radius 2 is 1.96 bits per heavy atom. The van der Waals surface area contributed by atoms with Crippen LogP contribution in [0.1, 0.15) is 29.1 Å². The third-order valence-electron chi connectivity index (χ3n) is 3.37. The number of hydrogen-bond acceptors (Lipinski definition) is 3. The Kier molecular flexibility index (Phi) is 9.85. The SMILES string of the molecule is CN=C(NCCCCc1nc(C)cs1)NCc1ccc(F)cc1.I. The Morgan fingerprint density at radius 1 is 1.21 bits per heavy atom. The molecule has 0 amide bonds. The van der Waals surface area contributed by atoms with E-state index in [1.807, 2.05) is 6.92 Å². The van der Waals surface area contributed by atoms with Gasteiger partial charge in [0.2, 0.25) is 0 Å². The lowest BCUT2D eigenvalue weighted by atomic mass is 10.2. The number of aliphatic imine (C=N–C) groups is 1. The number of hydrogen-bond donors (Lipinski definition) is 2. The van der Waals surface area contributed by atoms with E-state index in [0.29, 0.717) is 6.54 Å². The minimum Gasteiger partial charge on any atom is -0.356 e. The van der Waals surface area contributed by atoms with E-state index in [1.54, 1.807) is 30.5 Å². The number of nitrogens with one attached hydrogen (secondary N) is 2. The first-order valence-electron chi connectivity index (χ1n) is 7.77. The first-order chi connectivity index (χ1) is 11.2. The minimum absolute atomic E-state index is 0. The second-order valence-corrected chi connectivity index (χ2v) is 6.26. The topological polar surface area (TPSA) is 49.3 Å². The summed E-state index contributed by atoms with van der Waals surface area (Å²) in [6.07, 6.45) is 3.20. The summed E-state index contributed by atoms with van der Waals surface area (Å²) in [6, 6.07) is 6.47. The van der Waals surface area contributed by atoms with Gasteiger partial charge in [0.15, 0.2) is 5.96 Å². The van der Waals surface area contributed by atoms with Crippen LogP contribution in [0.2, 0.25) is 0 Å². The zero-order chi connectivity index (χ0) is 16.5. The van der Waals surface area contributed by atoms with Crippen molar-refractivity contribution < 1.29 is 4.39 Å². The summed E-state index contributed by atoms with van der Waals surface area (Å²) in [4.78, 5) is 8.65. The molecule has 0 aliphatic rings. The molecular formula is C17H24FIN4S. The van der Waals surface area contributed by atoms with Gasteiger partial charge in [-0.15, -0.1) is 35.3 Å². The van der Waals surface area contributed by atoms with Gasteiger partial charge in [-0.3, -0.25) is 4.99 Å². The van der Waals surface area contributed by atoms with Crippen LogP contribution in [0.15, 0.2) is 34.6 Å². The number of rotatable bonds is 7. The van der Waals surface area contributed by atoms with E-state index >= 15 is 0 Å². The number of aromatic nitrogens is 1. The highest BCUT2D eigenvalue weighted by molar-refractivity contribution is 14.0. The third kappa shape index (κ3) is 7.57. The van der Waals surface area contributed by atoms with Crippen LogP contribution >= 0.6 is 35.3 Å². The Hall–Kier alpha value is -1.22. The predicted molar refractivity (Wildman–Crippen MR) is 110 cm³/mol. The average Bonchev–Trinajstić information content (AvgIpc) is 2.97. The first-order valence-corrected chi connectivity index (χ1v) is 8.65. The molecule has 0 unspecified atom stereocenters. The molecule has 0 saturated heterocycles. The molecule has 0 atom stereocenters. The lowest BCUT2D eigenvalue weighted by Crippen LogP contribution is -2.37. The molecule has 0 saturated carbocycles. The van der Waals surface area contributed by atoms with Gasteiger partial charge in [-0.1, -0.05) is 12.1 Å². The minimum atomic E-state index is -0.216. The monoisotopic (exact) mass is 462 g/mol. The smallest absolute Gasteiger partial charge is 0.191 e. The van der Waals surface area contributed by atoms with Gasteiger partial charge in [0.05, 0.1) is 5.01 Å². The van der Waals surface area contributed by atoms with Crippen LogP contribution in [0.4, 0.5) is 4.39 Å². The summed E-state index contributed by atoms with van der Waals surface area (Å²) < 4.78 is 12.9. The molecule has 7 heteroatoms. The highest BCUT2D eigenvalue weighted by Gasteiger charge is 2.00. The lowest BCUT2D eigenvalue weighted by Gasteiger charge is -2.11. The van der Waals surface area contributed by atoms with Gasteiger partial charge >= 0.3 is 0 Å². The fraction of sp³-hybridized carbons (Fsp3) is 0.412. The maximum atomic E-state index is 12.9. The maximum Gasteiger partial charge on any atom is 0.191 e. The Balaban J connectivity index is 0.00000288. The molecule has 2 aromatic rings. The number of aryl methyl sites for hydroxylation is 2. The molecule has 0 radical (unpaired) electrons. The second kappa shape index (κ2) is 11.4. The van der Waals surface area contributed by atoms with E-state index in [2.05, 4.69) is 26.0 Å². The summed E-state index contributed by atoms with van der Waals surface area (Å²) in [5.74, 6) is 0.547. The number of guanidine groups is 1. The normalized spacial score (nSPS) is 11.0. The molecular weight excluding hydrogens is 438 g/mol. The zero-order valence-electron chi connectivity index (χ0n) is 14.0. The van der Waals surface area contributed by atoms with Gasteiger partial charge < -0.3 is 10.6 Å². The Morgan fingerprint density at radius 3 is 2.58 bits per heavy atom. The average molecular weight is 462 g/mol. The van der Waals surface area contributed by atoms with Crippen molar-refractivity contribution in [1.82, 2.24) is 15.6 Å². The van der Waals surface area contributed by atoms with Crippen LogP contribution in [-0.2, 0) is 13.0 Å². The number of halogens is 2. The zero-order valence-corrected chi connectivity index (χ0v) is 17.2. The third-order valence-corrected chi connectivity index (χ3v) is 4.40. The molecule has 1 aromatic carbocycles. The van der Waals surface area contributed by atoms with Crippen molar-refractivity contribution in [3.63, 3.8) is 0 Å². The summed E-state index contributed by atoms with van der Waals surface area (Å²) in [6.45, 7) is 3.52.